The summed E-state index contributed by atoms with van der Waals surface area (Å²) in [4.78, 5) is 12.3. The van der Waals surface area contributed by atoms with Gasteiger partial charge < -0.3 is 5.11 Å². The number of hydrogen-bond acceptors (Lipinski definition) is 2. The molecule has 1 fully saturated rings. The van der Waals surface area contributed by atoms with Crippen LogP contribution in [0.4, 0.5) is 0 Å². The Hall–Kier alpha value is -1.15. The minimum absolute atomic E-state index is 0.177. The van der Waals surface area contributed by atoms with Gasteiger partial charge in [-0.15, -0.1) is 0 Å². The predicted molar refractivity (Wildman–Crippen MR) is 67.9 cm³/mol. The van der Waals surface area contributed by atoms with Gasteiger partial charge in [0.25, 0.3) is 0 Å². The lowest BCUT2D eigenvalue weighted by Crippen LogP contribution is -2.48. The second kappa shape index (κ2) is 5.01. The molecule has 1 saturated carbocycles. The first-order chi connectivity index (χ1) is 8.21. The number of ketones is 1. The van der Waals surface area contributed by atoms with Gasteiger partial charge >= 0.3 is 0 Å². The SMILES string of the molecule is CCC(=O)[C@]1(c2ccccc2)CCCC[C@@H]1O. The van der Waals surface area contributed by atoms with Crippen LogP contribution in [0.2, 0.25) is 0 Å². The third-order valence-corrected chi connectivity index (χ3v) is 3.98. The van der Waals surface area contributed by atoms with Crippen LogP contribution in [-0.2, 0) is 10.2 Å². The van der Waals surface area contributed by atoms with E-state index in [1.165, 1.54) is 0 Å². The summed E-state index contributed by atoms with van der Waals surface area (Å²) >= 11 is 0. The van der Waals surface area contributed by atoms with Gasteiger partial charge in [0.1, 0.15) is 5.78 Å². The Kier molecular flexibility index (Phi) is 3.63. The van der Waals surface area contributed by atoms with Crippen LogP contribution < -0.4 is 0 Å². The monoisotopic (exact) mass is 232 g/mol. The van der Waals surface area contributed by atoms with Gasteiger partial charge in [0.05, 0.1) is 11.5 Å². The molecule has 0 aliphatic heterocycles. The standard InChI is InChI=1S/C15H20O2/c1-2-13(16)15(11-7-6-10-14(15)17)12-8-4-3-5-9-12/h3-5,8-9,14,17H,2,6-7,10-11H2,1H3/t14-,15+/m0/s1. The molecule has 0 spiro atoms. The molecule has 1 aliphatic rings. The summed E-state index contributed by atoms with van der Waals surface area (Å²) in [7, 11) is 0. The third-order valence-electron chi connectivity index (χ3n) is 3.98. The number of carbonyl (C=O) groups excluding carboxylic acids is 1. The molecule has 0 aromatic heterocycles. The molecule has 0 amide bonds. The van der Waals surface area contributed by atoms with Crippen molar-refractivity contribution in [2.45, 2.75) is 50.5 Å². The highest BCUT2D eigenvalue weighted by atomic mass is 16.3. The number of rotatable bonds is 3. The number of aliphatic hydroxyl groups excluding tert-OH is 1. The van der Waals surface area contributed by atoms with Crippen LogP contribution in [0.5, 0.6) is 0 Å². The Balaban J connectivity index is 2.46. The Morgan fingerprint density at radius 3 is 2.65 bits per heavy atom. The fourth-order valence-corrected chi connectivity index (χ4v) is 3.03. The van der Waals surface area contributed by atoms with Crippen LogP contribution in [0.1, 0.15) is 44.6 Å². The van der Waals surface area contributed by atoms with Crippen molar-refractivity contribution in [1.82, 2.24) is 0 Å². The molecule has 2 heteroatoms. The molecule has 0 unspecified atom stereocenters. The minimum Gasteiger partial charge on any atom is -0.392 e. The van der Waals surface area contributed by atoms with Gasteiger partial charge in [-0.1, -0.05) is 50.1 Å². The van der Waals surface area contributed by atoms with E-state index in [1.54, 1.807) is 0 Å². The lowest BCUT2D eigenvalue weighted by molar-refractivity contribution is -0.130. The molecule has 0 heterocycles. The molecule has 0 bridgehead atoms. The highest BCUT2D eigenvalue weighted by molar-refractivity contribution is 5.90. The van der Waals surface area contributed by atoms with E-state index in [-0.39, 0.29) is 5.78 Å². The lowest BCUT2D eigenvalue weighted by Gasteiger charge is -2.40. The average molecular weight is 232 g/mol. The van der Waals surface area contributed by atoms with Gasteiger partial charge in [0.2, 0.25) is 0 Å². The summed E-state index contributed by atoms with van der Waals surface area (Å²) in [6.07, 6.45) is 3.54. The van der Waals surface area contributed by atoms with E-state index >= 15 is 0 Å². The van der Waals surface area contributed by atoms with Crippen molar-refractivity contribution in [2.75, 3.05) is 0 Å². The van der Waals surface area contributed by atoms with Gasteiger partial charge in [-0.3, -0.25) is 4.79 Å². The first-order valence-electron chi connectivity index (χ1n) is 6.48. The quantitative estimate of drug-likeness (QED) is 0.870. The fraction of sp³-hybridized carbons (Fsp3) is 0.533. The van der Waals surface area contributed by atoms with Gasteiger partial charge in [0, 0.05) is 6.42 Å². The molecule has 1 aromatic carbocycles. The summed E-state index contributed by atoms with van der Waals surface area (Å²) in [5, 5.41) is 10.4. The predicted octanol–water partition coefficient (Wildman–Crippen LogP) is 2.84. The van der Waals surface area contributed by atoms with Crippen LogP contribution in [0.3, 0.4) is 0 Å². The smallest absolute Gasteiger partial charge is 0.145 e. The molecule has 1 aromatic rings. The van der Waals surface area contributed by atoms with Crippen molar-refractivity contribution < 1.29 is 9.90 Å². The normalized spacial score (nSPS) is 28.9. The number of carbonyl (C=O) groups is 1. The molecule has 1 N–H and O–H groups in total. The van der Waals surface area contributed by atoms with Gasteiger partial charge in [-0.2, -0.15) is 0 Å². The molecular weight excluding hydrogens is 212 g/mol. The van der Waals surface area contributed by atoms with Crippen molar-refractivity contribution in [2.24, 2.45) is 0 Å². The first-order valence-corrected chi connectivity index (χ1v) is 6.48. The highest BCUT2D eigenvalue weighted by Crippen LogP contribution is 2.41. The number of hydrogen-bond donors (Lipinski definition) is 1. The number of Topliss-reactive ketones (excluding diaryl/α,β-unsaturated/α-hetero) is 1. The van der Waals surface area contributed by atoms with Crippen LogP contribution in [0, 0.1) is 0 Å². The van der Waals surface area contributed by atoms with E-state index in [0.717, 1.165) is 31.2 Å². The average Bonchev–Trinajstić information content (AvgIpc) is 2.39. The first kappa shape index (κ1) is 12.3. The van der Waals surface area contributed by atoms with E-state index in [0.29, 0.717) is 6.42 Å². The Labute approximate surface area is 103 Å². The van der Waals surface area contributed by atoms with E-state index in [4.69, 9.17) is 0 Å². The minimum atomic E-state index is -0.645. The topological polar surface area (TPSA) is 37.3 Å². The van der Waals surface area contributed by atoms with Crippen molar-refractivity contribution in [3.63, 3.8) is 0 Å². The second-order valence-corrected chi connectivity index (χ2v) is 4.88. The second-order valence-electron chi connectivity index (χ2n) is 4.88. The largest absolute Gasteiger partial charge is 0.392 e. The number of benzene rings is 1. The summed E-state index contributed by atoms with van der Waals surface area (Å²) in [5.74, 6) is 0.177. The maximum absolute atomic E-state index is 12.3. The summed E-state index contributed by atoms with van der Waals surface area (Å²) in [6.45, 7) is 1.88. The van der Waals surface area contributed by atoms with Crippen LogP contribution in [0.15, 0.2) is 30.3 Å². The van der Waals surface area contributed by atoms with Crippen molar-refractivity contribution in [3.8, 4) is 0 Å². The van der Waals surface area contributed by atoms with Crippen LogP contribution in [0.25, 0.3) is 0 Å². The zero-order chi connectivity index (χ0) is 12.3. The Bertz CT molecular complexity index is 385. The van der Waals surface area contributed by atoms with E-state index < -0.39 is 11.5 Å². The molecule has 0 radical (unpaired) electrons. The van der Waals surface area contributed by atoms with Crippen molar-refractivity contribution >= 4 is 5.78 Å². The van der Waals surface area contributed by atoms with Crippen LogP contribution >= 0.6 is 0 Å². The van der Waals surface area contributed by atoms with Crippen molar-refractivity contribution in [3.05, 3.63) is 35.9 Å². The number of aliphatic hydroxyl groups is 1. The van der Waals surface area contributed by atoms with Crippen LogP contribution in [-0.4, -0.2) is 17.0 Å². The molecule has 1 aliphatic carbocycles. The Morgan fingerprint density at radius 2 is 2.06 bits per heavy atom. The molecule has 92 valence electrons. The molecule has 2 rings (SSSR count). The summed E-state index contributed by atoms with van der Waals surface area (Å²) in [6, 6.07) is 9.79. The molecular formula is C15H20O2. The maximum atomic E-state index is 12.3. The van der Waals surface area contributed by atoms with Gasteiger partial charge in [-0.25, -0.2) is 0 Å². The fourth-order valence-electron chi connectivity index (χ4n) is 3.03. The van der Waals surface area contributed by atoms with Gasteiger partial charge in [-0.05, 0) is 18.4 Å². The summed E-state index contributed by atoms with van der Waals surface area (Å²) in [5.41, 5.74) is 0.341. The maximum Gasteiger partial charge on any atom is 0.145 e. The van der Waals surface area contributed by atoms with Crippen molar-refractivity contribution in [1.29, 1.82) is 0 Å². The zero-order valence-corrected chi connectivity index (χ0v) is 10.4. The van der Waals surface area contributed by atoms with E-state index in [9.17, 15) is 9.90 Å². The zero-order valence-electron chi connectivity index (χ0n) is 10.4. The van der Waals surface area contributed by atoms with E-state index in [2.05, 4.69) is 0 Å². The molecule has 0 saturated heterocycles. The van der Waals surface area contributed by atoms with Gasteiger partial charge in [0.15, 0.2) is 0 Å². The molecule has 2 nitrogen and oxygen atoms in total. The lowest BCUT2D eigenvalue weighted by atomic mass is 9.64. The molecule has 2 atom stereocenters. The third kappa shape index (κ3) is 2.02. The van der Waals surface area contributed by atoms with E-state index in [1.807, 2.05) is 37.3 Å². The Morgan fingerprint density at radius 1 is 1.35 bits per heavy atom. The molecule has 17 heavy (non-hydrogen) atoms. The highest BCUT2D eigenvalue weighted by Gasteiger charge is 2.46. The summed E-state index contributed by atoms with van der Waals surface area (Å²) < 4.78 is 0.